The molecule has 0 fully saturated rings. The second-order valence-corrected chi connectivity index (χ2v) is 5.85. The average Bonchev–Trinajstić information content (AvgIpc) is 2.90. The van der Waals surface area contributed by atoms with Gasteiger partial charge in [-0.3, -0.25) is 4.79 Å². The lowest BCUT2D eigenvalue weighted by atomic mass is 10.1. The second-order valence-electron chi connectivity index (χ2n) is 5.47. The summed E-state index contributed by atoms with van der Waals surface area (Å²) < 4.78 is 5.47. The van der Waals surface area contributed by atoms with E-state index in [-0.39, 0.29) is 28.3 Å². The third kappa shape index (κ3) is 2.62. The minimum absolute atomic E-state index is 0.0738. The number of hydrogen-bond donors (Lipinski definition) is 3. The van der Waals surface area contributed by atoms with Crippen LogP contribution in [-0.2, 0) is 4.74 Å². The van der Waals surface area contributed by atoms with Crippen LogP contribution in [0.15, 0.2) is 28.0 Å². The second kappa shape index (κ2) is 5.53. The van der Waals surface area contributed by atoms with Crippen LogP contribution in [-0.4, -0.2) is 28.8 Å². The molecule has 0 saturated carbocycles. The number of H-pyrrole nitrogens is 1. The number of nitrogens with zero attached hydrogens (tertiary/aromatic N) is 1. The molecule has 1 aliphatic heterocycles. The Bertz CT molecular complexity index is 814. The molecule has 22 heavy (non-hydrogen) atoms. The monoisotopic (exact) mass is 321 g/mol. The number of aromatic nitrogens is 1. The summed E-state index contributed by atoms with van der Waals surface area (Å²) in [4.78, 5) is 19.7. The van der Waals surface area contributed by atoms with E-state index in [2.05, 4.69) is 15.3 Å². The van der Waals surface area contributed by atoms with Crippen LogP contribution in [0.1, 0.15) is 25.6 Å². The molecule has 3 rings (SSSR count). The molecule has 116 valence electrons. The third-order valence-electron chi connectivity index (χ3n) is 3.37. The summed E-state index contributed by atoms with van der Waals surface area (Å²) in [5.41, 5.74) is 0.835. The Labute approximate surface area is 131 Å². The summed E-state index contributed by atoms with van der Waals surface area (Å²) >= 11 is 6.07. The molecule has 0 radical (unpaired) electrons. The first-order valence-corrected chi connectivity index (χ1v) is 7.35. The Hall–Kier alpha value is -2.21. The van der Waals surface area contributed by atoms with E-state index in [1.807, 2.05) is 13.8 Å². The predicted molar refractivity (Wildman–Crippen MR) is 85.6 cm³/mol. The number of benzene rings is 1. The number of ether oxygens (including phenoxy) is 1. The molecule has 0 spiro atoms. The Morgan fingerprint density at radius 3 is 3.00 bits per heavy atom. The molecule has 3 N–H and O–H groups in total. The molecule has 0 amide bonds. The van der Waals surface area contributed by atoms with E-state index in [0.29, 0.717) is 29.2 Å². The highest BCUT2D eigenvalue weighted by atomic mass is 35.5. The fourth-order valence-corrected chi connectivity index (χ4v) is 2.54. The van der Waals surface area contributed by atoms with Crippen LogP contribution in [0.2, 0.25) is 5.02 Å². The van der Waals surface area contributed by atoms with Crippen molar-refractivity contribution in [2.24, 2.45) is 4.99 Å². The van der Waals surface area contributed by atoms with Gasteiger partial charge in [0.05, 0.1) is 5.52 Å². The van der Waals surface area contributed by atoms with Crippen LogP contribution < -0.4 is 10.7 Å². The zero-order chi connectivity index (χ0) is 15.9. The van der Waals surface area contributed by atoms with Gasteiger partial charge in [-0.05, 0) is 26.0 Å². The normalized spacial score (nSPS) is 17.6. The third-order valence-corrected chi connectivity index (χ3v) is 3.75. The highest BCUT2D eigenvalue weighted by molar-refractivity contribution is 6.36. The van der Waals surface area contributed by atoms with Crippen LogP contribution in [0.3, 0.4) is 0 Å². The molecule has 1 aromatic heterocycles. The first kappa shape index (κ1) is 14.7. The first-order chi connectivity index (χ1) is 10.5. The van der Waals surface area contributed by atoms with Crippen molar-refractivity contribution >= 4 is 28.5 Å². The van der Waals surface area contributed by atoms with Gasteiger partial charge in [0.25, 0.3) is 6.02 Å². The molecule has 1 atom stereocenters. The summed E-state index contributed by atoms with van der Waals surface area (Å²) in [5.74, 6) is -0.0738. The van der Waals surface area contributed by atoms with Crippen LogP contribution in [0, 0.1) is 0 Å². The number of phenolic OH excluding ortho intramolecular Hbond substituents is 1. The van der Waals surface area contributed by atoms with Crippen molar-refractivity contribution in [2.45, 2.75) is 25.9 Å². The zero-order valence-electron chi connectivity index (χ0n) is 12.2. The first-order valence-electron chi connectivity index (χ1n) is 6.97. The van der Waals surface area contributed by atoms with Crippen LogP contribution in [0.4, 0.5) is 0 Å². The van der Waals surface area contributed by atoms with Crippen LogP contribution >= 0.6 is 11.6 Å². The van der Waals surface area contributed by atoms with Crippen LogP contribution in [0.5, 0.6) is 5.75 Å². The maximum atomic E-state index is 12.2. The number of fused-ring (bicyclic) bond motifs is 1. The number of rotatable bonds is 2. The zero-order valence-corrected chi connectivity index (χ0v) is 12.9. The maximum absolute atomic E-state index is 12.2. The van der Waals surface area contributed by atoms with Gasteiger partial charge in [0, 0.05) is 23.2 Å². The van der Waals surface area contributed by atoms with E-state index >= 15 is 0 Å². The standard InChI is InChI=1S/C15H16ClN3O3/c1-7(2)17-15-19-10(6-22-15)9-5-12(21)8-3-4-11(20)13(16)14(8)18-9/h3-5,7,10,20H,6H2,1-2H3,(H,17,19)(H,18,21). The van der Waals surface area contributed by atoms with E-state index in [1.165, 1.54) is 12.1 Å². The van der Waals surface area contributed by atoms with Crippen molar-refractivity contribution in [3.63, 3.8) is 0 Å². The molecule has 0 bridgehead atoms. The summed E-state index contributed by atoms with van der Waals surface area (Å²) in [6, 6.07) is 4.80. The van der Waals surface area contributed by atoms with Crippen molar-refractivity contribution in [3.05, 3.63) is 39.1 Å². The van der Waals surface area contributed by atoms with E-state index in [4.69, 9.17) is 16.3 Å². The van der Waals surface area contributed by atoms with Gasteiger partial charge in [0.2, 0.25) is 0 Å². The molecule has 1 aromatic carbocycles. The van der Waals surface area contributed by atoms with Crippen molar-refractivity contribution in [1.29, 1.82) is 0 Å². The van der Waals surface area contributed by atoms with E-state index in [1.54, 1.807) is 6.07 Å². The fraction of sp³-hybridized carbons (Fsp3) is 0.333. The lowest BCUT2D eigenvalue weighted by molar-refractivity contribution is 0.302. The largest absolute Gasteiger partial charge is 0.506 e. The van der Waals surface area contributed by atoms with E-state index in [9.17, 15) is 9.90 Å². The van der Waals surface area contributed by atoms with Gasteiger partial charge in [-0.1, -0.05) is 11.6 Å². The van der Waals surface area contributed by atoms with Gasteiger partial charge >= 0.3 is 0 Å². The Morgan fingerprint density at radius 1 is 1.50 bits per heavy atom. The van der Waals surface area contributed by atoms with Crippen molar-refractivity contribution in [1.82, 2.24) is 10.3 Å². The van der Waals surface area contributed by atoms with Gasteiger partial charge in [-0.2, -0.15) is 0 Å². The Kier molecular flexibility index (Phi) is 3.70. The Balaban J connectivity index is 2.04. The molecule has 0 aliphatic carbocycles. The molecule has 2 heterocycles. The number of hydrogen-bond acceptors (Lipinski definition) is 5. The predicted octanol–water partition coefficient (Wildman–Crippen LogP) is 2.31. The molecule has 6 nitrogen and oxygen atoms in total. The van der Waals surface area contributed by atoms with Gasteiger partial charge in [0.15, 0.2) is 5.43 Å². The van der Waals surface area contributed by atoms with Crippen molar-refractivity contribution < 1.29 is 9.84 Å². The fourth-order valence-electron chi connectivity index (χ4n) is 2.33. The van der Waals surface area contributed by atoms with Crippen molar-refractivity contribution in [2.75, 3.05) is 6.61 Å². The molecule has 1 aliphatic rings. The Morgan fingerprint density at radius 2 is 2.27 bits per heavy atom. The van der Waals surface area contributed by atoms with Gasteiger partial charge in [-0.25, -0.2) is 4.99 Å². The summed E-state index contributed by atoms with van der Waals surface area (Å²) in [6.45, 7) is 4.31. The quantitative estimate of drug-likeness (QED) is 0.792. The number of nitrogens with one attached hydrogen (secondary N) is 2. The van der Waals surface area contributed by atoms with E-state index in [0.717, 1.165) is 0 Å². The molecular weight excluding hydrogens is 306 g/mol. The van der Waals surface area contributed by atoms with Crippen molar-refractivity contribution in [3.8, 4) is 5.75 Å². The lowest BCUT2D eigenvalue weighted by Gasteiger charge is -2.09. The number of phenols is 1. The molecular formula is C15H16ClN3O3. The summed E-state index contributed by atoms with van der Waals surface area (Å²) in [6.07, 6.45) is 0. The number of aliphatic imine (C=N–C) groups is 1. The van der Waals surface area contributed by atoms with Crippen LogP contribution in [0.25, 0.3) is 10.9 Å². The SMILES string of the molecule is CC(C)NC1=NC(c2cc(=O)c3ccc(O)c(Cl)c3[nH]2)CO1. The minimum atomic E-state index is -0.309. The van der Waals surface area contributed by atoms with Gasteiger partial charge in [-0.15, -0.1) is 0 Å². The summed E-state index contributed by atoms with van der Waals surface area (Å²) in [5, 5.41) is 13.3. The minimum Gasteiger partial charge on any atom is -0.506 e. The van der Waals surface area contributed by atoms with Gasteiger partial charge < -0.3 is 20.1 Å². The number of pyridine rings is 1. The number of amidine groups is 1. The average molecular weight is 322 g/mol. The molecule has 2 aromatic rings. The molecule has 7 heteroatoms. The van der Waals surface area contributed by atoms with E-state index < -0.39 is 0 Å². The highest BCUT2D eigenvalue weighted by Crippen LogP contribution is 2.30. The summed E-state index contributed by atoms with van der Waals surface area (Å²) in [7, 11) is 0. The van der Waals surface area contributed by atoms with Gasteiger partial charge in [0.1, 0.15) is 23.4 Å². The number of halogens is 1. The smallest absolute Gasteiger partial charge is 0.285 e. The maximum Gasteiger partial charge on any atom is 0.285 e. The molecule has 0 saturated heterocycles. The number of aromatic hydroxyl groups is 1. The highest BCUT2D eigenvalue weighted by Gasteiger charge is 2.23. The topological polar surface area (TPSA) is 86.7 Å². The lowest BCUT2D eigenvalue weighted by Crippen LogP contribution is -2.30. The number of aromatic amines is 1. The molecule has 1 unspecified atom stereocenters.